The van der Waals surface area contributed by atoms with Crippen LogP contribution in [-0.4, -0.2) is 0 Å². The summed E-state index contributed by atoms with van der Waals surface area (Å²) in [7, 11) is 0. The number of hydrogen-bond donors (Lipinski definition) is 0. The maximum Gasteiger partial charge on any atom is 0.0726 e. The van der Waals surface area contributed by atoms with Crippen molar-refractivity contribution in [1.29, 1.82) is 0 Å². The van der Waals surface area contributed by atoms with Crippen molar-refractivity contribution >= 4 is 27.8 Å². The Hall–Kier alpha value is -6.18. The second-order valence-corrected chi connectivity index (χ2v) is 20.0. The summed E-state index contributed by atoms with van der Waals surface area (Å²) in [6, 6.07) is 66.2. The van der Waals surface area contributed by atoms with Crippen LogP contribution in [0.1, 0.15) is 90.3 Å². The van der Waals surface area contributed by atoms with E-state index in [1.165, 1.54) is 148 Å². The highest BCUT2D eigenvalue weighted by Gasteiger charge is 2.54. The lowest BCUT2D eigenvalue weighted by atomic mass is 9.48. The molecule has 0 heterocycles. The summed E-state index contributed by atoms with van der Waals surface area (Å²) in [5, 5.41) is 2.63. The van der Waals surface area contributed by atoms with Gasteiger partial charge in [0.05, 0.1) is 5.41 Å². The average Bonchev–Trinajstić information content (AvgIpc) is 3.79. The van der Waals surface area contributed by atoms with Gasteiger partial charge in [-0.25, -0.2) is 0 Å². The summed E-state index contributed by atoms with van der Waals surface area (Å²) >= 11 is 0. The van der Waals surface area contributed by atoms with E-state index < -0.39 is 5.41 Å². The van der Waals surface area contributed by atoms with Gasteiger partial charge in [0.15, 0.2) is 0 Å². The van der Waals surface area contributed by atoms with Gasteiger partial charge in [-0.2, -0.15) is 0 Å². The lowest BCUT2D eigenvalue weighted by molar-refractivity contribution is -0.00491. The fraction of sp³-hybridized carbons (Fsp3) is 0.246. The number of nitrogens with zero attached hydrogens (tertiary/aromatic N) is 1. The molecule has 0 radical (unpaired) electrons. The van der Waals surface area contributed by atoms with Crippen LogP contribution in [0.5, 0.6) is 0 Å². The molecule has 4 fully saturated rings. The molecule has 15 rings (SSSR count). The predicted molar refractivity (Wildman–Crippen MR) is 257 cm³/mol. The van der Waals surface area contributed by atoms with Gasteiger partial charge in [0.1, 0.15) is 0 Å². The van der Waals surface area contributed by atoms with E-state index in [-0.39, 0.29) is 5.41 Å². The fourth-order valence-corrected chi connectivity index (χ4v) is 14.9. The number of fused-ring (bicyclic) bond motifs is 13. The van der Waals surface area contributed by atoms with Crippen molar-refractivity contribution in [2.24, 2.45) is 17.8 Å². The quantitative estimate of drug-likeness (QED) is 0.168. The Kier molecular flexibility index (Phi) is 7.52. The largest absolute Gasteiger partial charge is 0.310 e. The summed E-state index contributed by atoms with van der Waals surface area (Å²) < 4.78 is 0. The molecular weight excluding hydrogens is 747 g/mol. The lowest BCUT2D eigenvalue weighted by Crippen LogP contribution is -2.48. The van der Waals surface area contributed by atoms with Gasteiger partial charge in [-0.3, -0.25) is 0 Å². The molecule has 7 aliphatic carbocycles. The van der Waals surface area contributed by atoms with E-state index in [4.69, 9.17) is 0 Å². The van der Waals surface area contributed by atoms with Crippen molar-refractivity contribution in [2.75, 3.05) is 4.90 Å². The Bertz CT molecular complexity index is 3050. The van der Waals surface area contributed by atoms with Crippen LogP contribution in [0.15, 0.2) is 170 Å². The molecule has 0 saturated heterocycles. The van der Waals surface area contributed by atoms with Crippen LogP contribution in [0, 0.1) is 17.8 Å². The first-order chi connectivity index (χ1) is 30.7. The van der Waals surface area contributed by atoms with Gasteiger partial charge in [0, 0.05) is 17.1 Å². The molecule has 7 aliphatic rings. The Morgan fingerprint density at radius 3 is 1.82 bits per heavy atom. The number of rotatable bonds is 5. The van der Waals surface area contributed by atoms with Crippen LogP contribution >= 0.6 is 0 Å². The molecule has 0 aromatic heterocycles. The minimum Gasteiger partial charge on any atom is -0.310 e. The summed E-state index contributed by atoms with van der Waals surface area (Å²) in [6.07, 6.45) is 13.3. The first kappa shape index (κ1) is 35.4. The fourth-order valence-electron chi connectivity index (χ4n) is 14.9. The molecule has 4 saturated carbocycles. The Labute approximate surface area is 366 Å². The molecule has 1 heteroatoms. The minimum atomic E-state index is -0.431. The number of anilines is 3. The van der Waals surface area contributed by atoms with Gasteiger partial charge in [0.2, 0.25) is 0 Å². The second-order valence-electron chi connectivity index (χ2n) is 20.0. The third-order valence-electron chi connectivity index (χ3n) is 16.8. The summed E-state index contributed by atoms with van der Waals surface area (Å²) in [6.45, 7) is 0. The highest BCUT2D eigenvalue weighted by atomic mass is 15.1. The van der Waals surface area contributed by atoms with E-state index in [1.807, 2.05) is 0 Å². The number of hydrogen-bond acceptors (Lipinski definition) is 1. The van der Waals surface area contributed by atoms with Gasteiger partial charge in [-0.1, -0.05) is 140 Å². The van der Waals surface area contributed by atoms with Crippen molar-refractivity contribution < 1.29 is 0 Å². The van der Waals surface area contributed by atoms with Crippen LogP contribution in [-0.2, 0) is 23.7 Å². The van der Waals surface area contributed by atoms with Crippen molar-refractivity contribution in [2.45, 2.75) is 75.0 Å². The SMILES string of the molecule is c1ccc2c(c1)-c1ccccc1C21c2cc(N(c3ccc(-c4cccc5c4CCCC5)cc3)c3ccccc3C34CC5CC(CC(C5)C3)C4)ccc2-c2c1ccc1ccccc21. The van der Waals surface area contributed by atoms with E-state index in [0.29, 0.717) is 0 Å². The maximum atomic E-state index is 2.67. The van der Waals surface area contributed by atoms with Crippen LogP contribution in [0.25, 0.3) is 44.2 Å². The van der Waals surface area contributed by atoms with Gasteiger partial charge in [-0.05, 0) is 201 Å². The summed E-state index contributed by atoms with van der Waals surface area (Å²) in [4.78, 5) is 2.67. The first-order valence-electron chi connectivity index (χ1n) is 23.6. The van der Waals surface area contributed by atoms with E-state index in [2.05, 4.69) is 175 Å². The van der Waals surface area contributed by atoms with Crippen LogP contribution in [0.3, 0.4) is 0 Å². The molecular formula is C61H51N. The molecule has 4 bridgehead atoms. The maximum absolute atomic E-state index is 2.67. The Morgan fingerprint density at radius 1 is 0.435 bits per heavy atom. The standard InChI is InChI=1S/C61H51N/c1-3-15-47-42(12-1)14-11-19-48(47)44-24-27-45(28-25-44)62(58-23-10-9-22-55(58)60-36-39-32-40(37-60)34-41(33-39)38-60)46-29-30-52-57(35-46)61(56-31-26-43-13-2-4-16-49(43)59(52)56)53-20-7-5-17-50(53)51-18-6-8-21-54(51)61/h2,4-11,13-14,16-31,35,39-41H,1,3,12,15,32-34,36-38H2. The molecule has 0 unspecified atom stereocenters. The van der Waals surface area contributed by atoms with Crippen molar-refractivity contribution in [1.82, 2.24) is 0 Å². The molecule has 1 nitrogen and oxygen atoms in total. The Morgan fingerprint density at radius 2 is 1.06 bits per heavy atom. The van der Waals surface area contributed by atoms with Gasteiger partial charge in [-0.15, -0.1) is 0 Å². The van der Waals surface area contributed by atoms with Crippen LogP contribution in [0.2, 0.25) is 0 Å². The zero-order chi connectivity index (χ0) is 40.6. The second kappa shape index (κ2) is 13.2. The van der Waals surface area contributed by atoms with Crippen LogP contribution < -0.4 is 4.90 Å². The molecule has 1 spiro atoms. The molecule has 62 heavy (non-hydrogen) atoms. The van der Waals surface area contributed by atoms with Crippen molar-refractivity contribution in [3.8, 4) is 33.4 Å². The molecule has 0 amide bonds. The van der Waals surface area contributed by atoms with Crippen LogP contribution in [0.4, 0.5) is 17.1 Å². The van der Waals surface area contributed by atoms with Gasteiger partial charge in [0.25, 0.3) is 0 Å². The molecule has 8 aromatic carbocycles. The molecule has 0 atom stereocenters. The normalized spacial score (nSPS) is 22.9. The highest BCUT2D eigenvalue weighted by Crippen LogP contribution is 2.66. The van der Waals surface area contributed by atoms with Gasteiger partial charge >= 0.3 is 0 Å². The van der Waals surface area contributed by atoms with Crippen molar-refractivity contribution in [3.05, 3.63) is 209 Å². The third kappa shape index (κ3) is 4.86. The number of aryl methyl sites for hydroxylation is 1. The molecule has 0 N–H and O–H groups in total. The minimum absolute atomic E-state index is 0.239. The van der Waals surface area contributed by atoms with E-state index in [0.717, 1.165) is 17.8 Å². The molecule has 0 aliphatic heterocycles. The number of para-hydroxylation sites is 1. The van der Waals surface area contributed by atoms with E-state index in [9.17, 15) is 0 Å². The lowest BCUT2D eigenvalue weighted by Gasteiger charge is -2.57. The third-order valence-corrected chi connectivity index (χ3v) is 16.8. The Balaban J connectivity index is 1.01. The monoisotopic (exact) mass is 797 g/mol. The zero-order valence-electron chi connectivity index (χ0n) is 35.4. The van der Waals surface area contributed by atoms with Gasteiger partial charge < -0.3 is 4.90 Å². The smallest absolute Gasteiger partial charge is 0.0726 e. The highest BCUT2D eigenvalue weighted by molar-refractivity contribution is 6.06. The van der Waals surface area contributed by atoms with E-state index in [1.54, 1.807) is 16.7 Å². The summed E-state index contributed by atoms with van der Waals surface area (Å²) in [5.41, 5.74) is 22.1. The molecule has 300 valence electrons. The average molecular weight is 798 g/mol. The zero-order valence-corrected chi connectivity index (χ0v) is 35.4. The molecule has 8 aromatic rings. The van der Waals surface area contributed by atoms with Crippen molar-refractivity contribution in [3.63, 3.8) is 0 Å². The predicted octanol–water partition coefficient (Wildman–Crippen LogP) is 15.7. The first-order valence-corrected chi connectivity index (χ1v) is 23.6. The number of benzene rings is 8. The topological polar surface area (TPSA) is 3.24 Å². The summed E-state index contributed by atoms with van der Waals surface area (Å²) in [5.74, 6) is 2.61. The van der Waals surface area contributed by atoms with E-state index >= 15 is 0 Å².